The highest BCUT2D eigenvalue weighted by molar-refractivity contribution is 5.96. The van der Waals surface area contributed by atoms with Crippen molar-refractivity contribution in [2.45, 2.75) is 79.2 Å². The lowest BCUT2D eigenvalue weighted by Gasteiger charge is -2.59. The summed E-state index contributed by atoms with van der Waals surface area (Å²) < 4.78 is 0. The van der Waals surface area contributed by atoms with Crippen LogP contribution in [0.25, 0.3) is 11.1 Å². The molecule has 3 unspecified atom stereocenters. The van der Waals surface area contributed by atoms with E-state index in [9.17, 15) is 29.4 Å². The van der Waals surface area contributed by atoms with Crippen LogP contribution in [0.1, 0.15) is 87.4 Å². The molecule has 5 aliphatic rings. The van der Waals surface area contributed by atoms with E-state index in [0.29, 0.717) is 36.0 Å². The van der Waals surface area contributed by atoms with Crippen LogP contribution in [0.5, 0.6) is 0 Å². The molecule has 81 heavy (non-hydrogen) atoms. The predicted molar refractivity (Wildman–Crippen MR) is 307 cm³/mol. The van der Waals surface area contributed by atoms with Gasteiger partial charge in [-0.2, -0.15) is 0 Å². The molecule has 5 fully saturated rings. The number of carbonyl (C=O) groups excluding carboxylic acids is 4. The minimum absolute atomic E-state index is 0.0520. The Morgan fingerprint density at radius 1 is 0.333 bits per heavy atom. The molecule has 0 aromatic heterocycles. The smallest absolute Gasteiger partial charge is 0.328 e. The maximum absolute atomic E-state index is 15.5. The van der Waals surface area contributed by atoms with Gasteiger partial charge in [-0.1, -0.05) is 231 Å². The van der Waals surface area contributed by atoms with Crippen LogP contribution in [0.3, 0.4) is 0 Å². The van der Waals surface area contributed by atoms with E-state index in [1.165, 1.54) is 4.90 Å². The molecule has 5 aliphatic heterocycles. The van der Waals surface area contributed by atoms with Crippen LogP contribution in [0.2, 0.25) is 0 Å². The van der Waals surface area contributed by atoms with Gasteiger partial charge in [0.15, 0.2) is 0 Å². The van der Waals surface area contributed by atoms with Gasteiger partial charge in [-0.15, -0.1) is 0 Å². The standard InChI is InChI=1S/C69H60N4O8/c74-64(70-42-54-37-38-56(70)63(69(80)81)73(54)67(77)59(46-25-11-3-12-26-46)47-27-13-4-14-28-47)60(48-29-15-5-16-30-48)52-35-19-33-50(39-52)51-34-20-36-53(40-51)61(49-31-17-6-18-32-49)65(75)71-43-55-41-57(62(71)68(78)79)72(55)66(76)58(44-21-7-1-8-22-44)45-23-9-2-10-24-45/h1-36,39-40,54-63H,37-38,41-43H2,(H,78,79)(H,80,81)/t54?,55-,56+,57+,60?,61?,62-,63-/m0/s1. The Hall–Kier alpha value is -9.42. The fraction of sp³-hybridized carbons (Fsp3) is 0.217. The lowest BCUT2D eigenvalue weighted by molar-refractivity contribution is -0.180. The summed E-state index contributed by atoms with van der Waals surface area (Å²) >= 11 is 0. The Bertz CT molecular complexity index is 3530. The highest BCUT2D eigenvalue weighted by Crippen LogP contribution is 2.44. The van der Waals surface area contributed by atoms with Gasteiger partial charge in [0.05, 0.1) is 47.8 Å². The number of carboxylic acid groups (broad SMARTS) is 2. The quantitative estimate of drug-likeness (QED) is 0.103. The Morgan fingerprint density at radius 2 is 0.667 bits per heavy atom. The van der Waals surface area contributed by atoms with Crippen molar-refractivity contribution < 1.29 is 39.0 Å². The van der Waals surface area contributed by atoms with Gasteiger partial charge < -0.3 is 29.8 Å². The zero-order valence-corrected chi connectivity index (χ0v) is 44.4. The number of rotatable bonds is 15. The number of carbonyl (C=O) groups is 6. The van der Waals surface area contributed by atoms with Crippen molar-refractivity contribution in [1.82, 2.24) is 19.6 Å². The Labute approximate surface area is 470 Å². The zero-order valence-electron chi connectivity index (χ0n) is 44.4. The second-order valence-electron chi connectivity index (χ2n) is 21.7. The molecule has 4 bridgehead atoms. The molecule has 0 aliphatic carbocycles. The average Bonchev–Trinajstić information content (AvgIpc) is 3.54. The van der Waals surface area contributed by atoms with Gasteiger partial charge in [-0.25, -0.2) is 9.59 Å². The maximum Gasteiger partial charge on any atom is 0.328 e. The number of hydrogen-bond donors (Lipinski definition) is 2. The highest BCUT2D eigenvalue weighted by Gasteiger charge is 2.59. The molecule has 8 aromatic rings. The summed E-state index contributed by atoms with van der Waals surface area (Å²) in [4.78, 5) is 94.2. The minimum Gasteiger partial charge on any atom is -0.480 e. The van der Waals surface area contributed by atoms with E-state index in [0.717, 1.165) is 38.9 Å². The van der Waals surface area contributed by atoms with Gasteiger partial charge in [0.1, 0.15) is 12.1 Å². The molecule has 8 atom stereocenters. The molecule has 5 saturated heterocycles. The first-order valence-corrected chi connectivity index (χ1v) is 27.8. The molecular weight excluding hydrogens is 1010 g/mol. The van der Waals surface area contributed by atoms with Crippen LogP contribution in [-0.4, -0.2) is 115 Å². The molecule has 2 N–H and O–H groups in total. The van der Waals surface area contributed by atoms with Crippen molar-refractivity contribution in [3.63, 3.8) is 0 Å². The van der Waals surface area contributed by atoms with Gasteiger partial charge >= 0.3 is 11.9 Å². The van der Waals surface area contributed by atoms with Gasteiger partial charge in [0.25, 0.3) is 0 Å². The summed E-state index contributed by atoms with van der Waals surface area (Å²) in [5.74, 6) is -6.63. The van der Waals surface area contributed by atoms with E-state index in [1.54, 1.807) is 14.7 Å². The van der Waals surface area contributed by atoms with E-state index in [1.807, 2.05) is 231 Å². The monoisotopic (exact) mass is 1070 g/mol. The van der Waals surface area contributed by atoms with Crippen molar-refractivity contribution in [3.05, 3.63) is 275 Å². The zero-order chi connectivity index (χ0) is 55.7. The first kappa shape index (κ1) is 52.3. The molecule has 4 amide bonds. The van der Waals surface area contributed by atoms with Crippen molar-refractivity contribution in [3.8, 4) is 11.1 Å². The molecule has 404 valence electrons. The summed E-state index contributed by atoms with van der Waals surface area (Å²) in [6.45, 7) is 0.225. The molecule has 5 heterocycles. The summed E-state index contributed by atoms with van der Waals surface area (Å²) in [6, 6.07) is 66.9. The fourth-order valence-corrected chi connectivity index (χ4v) is 13.5. The second-order valence-corrected chi connectivity index (χ2v) is 21.7. The molecule has 12 heteroatoms. The number of nitrogens with zero attached hydrogens (tertiary/aromatic N) is 4. The van der Waals surface area contributed by atoms with Gasteiger partial charge in [-0.05, 0) is 74.9 Å². The van der Waals surface area contributed by atoms with Crippen LogP contribution < -0.4 is 0 Å². The number of likely N-dealkylation sites (tertiary alicyclic amines) is 2. The molecular formula is C69H60N4O8. The number of piperazine rings is 2. The first-order chi connectivity index (χ1) is 39.5. The Balaban J connectivity index is 0.842. The largest absolute Gasteiger partial charge is 0.480 e. The molecule has 0 spiro atoms. The number of piperidine rings is 3. The van der Waals surface area contributed by atoms with Crippen molar-refractivity contribution in [2.24, 2.45) is 0 Å². The third kappa shape index (κ3) is 9.85. The third-order valence-corrected chi connectivity index (χ3v) is 17.2. The molecule has 8 aromatic carbocycles. The number of amides is 4. The highest BCUT2D eigenvalue weighted by atomic mass is 16.4. The number of carboxylic acids is 2. The van der Waals surface area contributed by atoms with Crippen LogP contribution in [0.15, 0.2) is 231 Å². The van der Waals surface area contributed by atoms with E-state index < -0.39 is 65.8 Å². The number of aliphatic carboxylic acids is 2. The summed E-state index contributed by atoms with van der Waals surface area (Å²) in [5, 5.41) is 22.1. The average molecular weight is 1070 g/mol. The van der Waals surface area contributed by atoms with Crippen LogP contribution in [-0.2, 0) is 28.8 Å². The summed E-state index contributed by atoms with van der Waals surface area (Å²) in [5.41, 5.74) is 7.36. The molecule has 12 nitrogen and oxygen atoms in total. The van der Waals surface area contributed by atoms with Crippen molar-refractivity contribution in [1.29, 1.82) is 0 Å². The van der Waals surface area contributed by atoms with E-state index in [2.05, 4.69) is 0 Å². The number of hydrogen-bond acceptors (Lipinski definition) is 6. The van der Waals surface area contributed by atoms with Gasteiger partial charge in [0.2, 0.25) is 23.6 Å². The SMILES string of the molecule is O=C(O)[C@@H]1[C@H]2C[C@@H](CN1C(=O)C(c1ccccc1)c1cccc(-c3cccc(C(C(=O)N4CC5CC[C@@H]4[C@@H](C(=O)O)N5C(=O)C(c4ccccc4)c4ccccc4)c4ccccc4)c3)c1)N2C(=O)C(c1ccccc1)c1ccccc1. The van der Waals surface area contributed by atoms with E-state index >= 15 is 9.59 Å². The summed E-state index contributed by atoms with van der Waals surface area (Å²) in [6.07, 6.45) is 1.42. The van der Waals surface area contributed by atoms with E-state index in [4.69, 9.17) is 0 Å². The Kier molecular flexibility index (Phi) is 14.4. The second kappa shape index (κ2) is 22.4. The first-order valence-electron chi connectivity index (χ1n) is 27.8. The van der Waals surface area contributed by atoms with Crippen molar-refractivity contribution in [2.75, 3.05) is 13.1 Å². The normalized spacial score (nSPS) is 20.8. The molecule has 0 radical (unpaired) electrons. The van der Waals surface area contributed by atoms with Crippen LogP contribution >= 0.6 is 0 Å². The van der Waals surface area contributed by atoms with Gasteiger partial charge in [-0.3, -0.25) is 19.2 Å². The van der Waals surface area contributed by atoms with E-state index in [-0.39, 0.29) is 42.8 Å². The fourth-order valence-electron chi connectivity index (χ4n) is 13.5. The van der Waals surface area contributed by atoms with Crippen molar-refractivity contribution >= 4 is 35.6 Å². The summed E-state index contributed by atoms with van der Waals surface area (Å²) in [7, 11) is 0. The number of fused-ring (bicyclic) bond motifs is 5. The number of benzene rings is 8. The van der Waals surface area contributed by atoms with Crippen LogP contribution in [0.4, 0.5) is 0 Å². The predicted octanol–water partition coefficient (Wildman–Crippen LogP) is 10.2. The lowest BCUT2D eigenvalue weighted by Crippen LogP contribution is -2.77. The van der Waals surface area contributed by atoms with Crippen LogP contribution in [0, 0.1) is 0 Å². The maximum atomic E-state index is 15.5. The lowest BCUT2D eigenvalue weighted by atomic mass is 9.77. The Morgan fingerprint density at radius 3 is 1.05 bits per heavy atom. The minimum atomic E-state index is -1.29. The molecule has 0 saturated carbocycles. The third-order valence-electron chi connectivity index (χ3n) is 17.2. The topological polar surface area (TPSA) is 156 Å². The van der Waals surface area contributed by atoms with Gasteiger partial charge in [0, 0.05) is 13.1 Å². The molecule has 13 rings (SSSR count).